The summed E-state index contributed by atoms with van der Waals surface area (Å²) in [6.45, 7) is 2.74. The highest BCUT2D eigenvalue weighted by Gasteiger charge is 2.27. The van der Waals surface area contributed by atoms with Gasteiger partial charge in [0.15, 0.2) is 0 Å². The number of carbonyl (C=O) groups excluding carboxylic acids is 2. The molecule has 0 radical (unpaired) electrons. The number of hydrogen-bond acceptors (Lipinski definition) is 4. The number of hydrogen-bond donors (Lipinski definition) is 0. The van der Waals surface area contributed by atoms with Gasteiger partial charge in [-0.05, 0) is 24.8 Å². The molecule has 0 spiro atoms. The molecule has 0 bridgehead atoms. The van der Waals surface area contributed by atoms with Crippen LogP contribution in [0.5, 0.6) is 0 Å². The van der Waals surface area contributed by atoms with E-state index in [1.54, 1.807) is 4.90 Å². The molecule has 0 aliphatic carbocycles. The van der Waals surface area contributed by atoms with E-state index in [4.69, 9.17) is 9.47 Å². The van der Waals surface area contributed by atoms with Gasteiger partial charge in [0.25, 0.3) is 0 Å². The quantitative estimate of drug-likeness (QED) is 0.784. The van der Waals surface area contributed by atoms with Crippen molar-refractivity contribution in [2.24, 2.45) is 0 Å². The van der Waals surface area contributed by atoms with Crippen LogP contribution in [0.1, 0.15) is 38.2 Å². The maximum Gasteiger partial charge on any atom is 0.410 e. The topological polar surface area (TPSA) is 55.8 Å². The molecule has 1 aliphatic heterocycles. The Bertz CT molecular complexity index is 489. The molecule has 0 saturated carbocycles. The smallest absolute Gasteiger partial charge is 0.410 e. The van der Waals surface area contributed by atoms with E-state index in [-0.39, 0.29) is 24.7 Å². The van der Waals surface area contributed by atoms with Gasteiger partial charge in [-0.3, -0.25) is 4.79 Å². The molecule has 5 nitrogen and oxygen atoms in total. The van der Waals surface area contributed by atoms with Gasteiger partial charge in [-0.15, -0.1) is 0 Å². The summed E-state index contributed by atoms with van der Waals surface area (Å²) in [6, 6.07) is 9.74. The third-order valence-electron chi connectivity index (χ3n) is 3.82. The van der Waals surface area contributed by atoms with Crippen molar-refractivity contribution in [1.29, 1.82) is 0 Å². The van der Waals surface area contributed by atoms with Crippen molar-refractivity contribution in [3.63, 3.8) is 0 Å². The molecule has 1 aromatic rings. The summed E-state index contributed by atoms with van der Waals surface area (Å²) in [7, 11) is 0. The van der Waals surface area contributed by atoms with Crippen molar-refractivity contribution in [3.8, 4) is 0 Å². The summed E-state index contributed by atoms with van der Waals surface area (Å²) in [5, 5.41) is 0. The lowest BCUT2D eigenvalue weighted by atomic mass is 10.0. The average Bonchev–Trinajstić information content (AvgIpc) is 2.54. The number of rotatable bonds is 5. The minimum Gasteiger partial charge on any atom is -0.466 e. The van der Waals surface area contributed by atoms with Crippen LogP contribution in [-0.2, 0) is 20.9 Å². The van der Waals surface area contributed by atoms with E-state index in [0.29, 0.717) is 19.6 Å². The molecule has 1 saturated heterocycles. The molecule has 1 fully saturated rings. The van der Waals surface area contributed by atoms with E-state index in [1.807, 2.05) is 30.3 Å². The molecule has 5 heteroatoms. The molecule has 0 N–H and O–H groups in total. The molecule has 1 aromatic carbocycles. The van der Waals surface area contributed by atoms with Crippen LogP contribution in [0.2, 0.25) is 0 Å². The first-order valence-electron chi connectivity index (χ1n) is 7.77. The highest BCUT2D eigenvalue weighted by atomic mass is 16.6. The maximum atomic E-state index is 12.3. The summed E-state index contributed by atoms with van der Waals surface area (Å²) in [6.07, 6.45) is 3.40. The molecule has 1 amide bonds. The lowest BCUT2D eigenvalue weighted by molar-refractivity contribution is -0.141. The van der Waals surface area contributed by atoms with Crippen LogP contribution in [0.3, 0.4) is 0 Å². The Morgan fingerprint density at radius 1 is 1.18 bits per heavy atom. The second kappa shape index (κ2) is 8.41. The van der Waals surface area contributed by atoms with Crippen LogP contribution >= 0.6 is 0 Å². The summed E-state index contributed by atoms with van der Waals surface area (Å²) in [5.74, 6) is -0.283. The number of esters is 1. The third kappa shape index (κ3) is 5.06. The Morgan fingerprint density at radius 3 is 2.68 bits per heavy atom. The molecule has 2 rings (SSSR count). The molecule has 22 heavy (non-hydrogen) atoms. The zero-order valence-electron chi connectivity index (χ0n) is 13.0. The molecule has 1 heterocycles. The van der Waals surface area contributed by atoms with Crippen molar-refractivity contribution in [2.45, 2.75) is 45.3 Å². The highest BCUT2D eigenvalue weighted by molar-refractivity contribution is 5.68. The fourth-order valence-corrected chi connectivity index (χ4v) is 2.68. The molecule has 120 valence electrons. The van der Waals surface area contributed by atoms with Crippen molar-refractivity contribution >= 4 is 12.1 Å². The van der Waals surface area contributed by atoms with E-state index < -0.39 is 0 Å². The van der Waals surface area contributed by atoms with Crippen LogP contribution in [0.15, 0.2) is 30.3 Å². The first-order valence-corrected chi connectivity index (χ1v) is 7.77. The minimum atomic E-state index is -0.283. The van der Waals surface area contributed by atoms with Crippen LogP contribution in [-0.4, -0.2) is 36.2 Å². The normalized spacial score (nSPS) is 17.9. The van der Waals surface area contributed by atoms with Crippen LogP contribution in [0.25, 0.3) is 0 Å². The number of ether oxygens (including phenoxy) is 2. The number of amides is 1. The predicted molar refractivity (Wildman–Crippen MR) is 82.2 cm³/mol. The standard InChI is InChI=1S/C17H23NO4/c1-14(19)21-12-10-16-9-5-6-11-18(16)17(20)22-13-15-7-3-2-4-8-15/h2-4,7-8,16H,5-6,9-13H2,1H3. The molecule has 1 aliphatic rings. The van der Waals surface area contributed by atoms with Gasteiger partial charge in [-0.2, -0.15) is 0 Å². The van der Waals surface area contributed by atoms with Crippen LogP contribution in [0, 0.1) is 0 Å². The number of carbonyl (C=O) groups is 2. The Balaban J connectivity index is 1.83. The minimum absolute atomic E-state index is 0.0939. The average molecular weight is 305 g/mol. The van der Waals surface area contributed by atoms with E-state index >= 15 is 0 Å². The van der Waals surface area contributed by atoms with Crippen molar-refractivity contribution in [1.82, 2.24) is 4.90 Å². The third-order valence-corrected chi connectivity index (χ3v) is 3.82. The second-order valence-corrected chi connectivity index (χ2v) is 5.51. The summed E-state index contributed by atoms with van der Waals surface area (Å²) < 4.78 is 10.4. The summed E-state index contributed by atoms with van der Waals surface area (Å²) in [5.41, 5.74) is 0.976. The van der Waals surface area contributed by atoms with Gasteiger partial charge < -0.3 is 14.4 Å². The van der Waals surface area contributed by atoms with Gasteiger partial charge in [-0.1, -0.05) is 30.3 Å². The van der Waals surface area contributed by atoms with Crippen molar-refractivity contribution in [3.05, 3.63) is 35.9 Å². The Kier molecular flexibility index (Phi) is 6.25. The number of likely N-dealkylation sites (tertiary alicyclic amines) is 1. The van der Waals surface area contributed by atoms with E-state index in [9.17, 15) is 9.59 Å². The maximum absolute atomic E-state index is 12.3. The zero-order valence-corrected chi connectivity index (χ0v) is 13.0. The molecule has 1 unspecified atom stereocenters. The van der Waals surface area contributed by atoms with Gasteiger partial charge in [0.2, 0.25) is 0 Å². The number of piperidine rings is 1. The molecule has 1 atom stereocenters. The SMILES string of the molecule is CC(=O)OCCC1CCCCN1C(=O)OCc1ccccc1. The van der Waals surface area contributed by atoms with E-state index in [2.05, 4.69) is 0 Å². The Labute approximate surface area is 131 Å². The summed E-state index contributed by atoms with van der Waals surface area (Å²) >= 11 is 0. The largest absolute Gasteiger partial charge is 0.466 e. The number of nitrogens with zero attached hydrogens (tertiary/aromatic N) is 1. The predicted octanol–water partition coefficient (Wildman–Crippen LogP) is 3.13. The summed E-state index contributed by atoms with van der Waals surface area (Å²) in [4.78, 5) is 24.9. The zero-order chi connectivity index (χ0) is 15.8. The fraction of sp³-hybridized carbons (Fsp3) is 0.529. The van der Waals surface area contributed by atoms with Gasteiger partial charge in [0.1, 0.15) is 6.61 Å². The van der Waals surface area contributed by atoms with Gasteiger partial charge in [0, 0.05) is 25.9 Å². The fourth-order valence-electron chi connectivity index (χ4n) is 2.68. The monoisotopic (exact) mass is 305 g/mol. The van der Waals surface area contributed by atoms with Crippen LogP contribution < -0.4 is 0 Å². The first kappa shape index (κ1) is 16.3. The van der Waals surface area contributed by atoms with Crippen molar-refractivity contribution in [2.75, 3.05) is 13.2 Å². The highest BCUT2D eigenvalue weighted by Crippen LogP contribution is 2.21. The van der Waals surface area contributed by atoms with Crippen molar-refractivity contribution < 1.29 is 19.1 Å². The van der Waals surface area contributed by atoms with Gasteiger partial charge in [-0.25, -0.2) is 4.79 Å². The van der Waals surface area contributed by atoms with E-state index in [0.717, 1.165) is 24.8 Å². The van der Waals surface area contributed by atoms with Crippen LogP contribution in [0.4, 0.5) is 4.79 Å². The lowest BCUT2D eigenvalue weighted by Gasteiger charge is -2.34. The van der Waals surface area contributed by atoms with E-state index in [1.165, 1.54) is 6.92 Å². The first-order chi connectivity index (χ1) is 10.7. The molecule has 0 aromatic heterocycles. The van der Waals surface area contributed by atoms with Gasteiger partial charge >= 0.3 is 12.1 Å². The Hall–Kier alpha value is -2.04. The second-order valence-electron chi connectivity index (χ2n) is 5.51. The number of benzene rings is 1. The molecular weight excluding hydrogens is 282 g/mol. The Morgan fingerprint density at radius 2 is 1.95 bits per heavy atom. The lowest BCUT2D eigenvalue weighted by Crippen LogP contribution is -2.44. The molecular formula is C17H23NO4. The van der Waals surface area contributed by atoms with Gasteiger partial charge in [0.05, 0.1) is 6.61 Å².